The van der Waals surface area contributed by atoms with E-state index in [1.165, 1.54) is 30.3 Å². The van der Waals surface area contributed by atoms with Gasteiger partial charge in [-0.15, -0.1) is 0 Å². The van der Waals surface area contributed by atoms with E-state index in [4.69, 9.17) is 16.7 Å². The van der Waals surface area contributed by atoms with Crippen molar-refractivity contribution in [3.05, 3.63) is 64.5 Å². The van der Waals surface area contributed by atoms with Gasteiger partial charge in [-0.05, 0) is 42.0 Å². The van der Waals surface area contributed by atoms with Gasteiger partial charge in [-0.3, -0.25) is 4.72 Å². The van der Waals surface area contributed by atoms with Crippen molar-refractivity contribution in [3.63, 3.8) is 0 Å². The van der Waals surface area contributed by atoms with E-state index in [9.17, 15) is 16.8 Å². The van der Waals surface area contributed by atoms with Crippen LogP contribution in [-0.2, 0) is 20.0 Å². The lowest BCUT2D eigenvalue weighted by atomic mass is 10.2. The second-order valence-electron chi connectivity index (χ2n) is 4.54. The van der Waals surface area contributed by atoms with Gasteiger partial charge in [-0.25, -0.2) is 22.0 Å². The molecule has 0 radical (unpaired) electrons. The molecule has 122 valence electrons. The first kappa shape index (κ1) is 17.5. The van der Waals surface area contributed by atoms with Crippen LogP contribution >= 0.6 is 11.6 Å². The van der Waals surface area contributed by atoms with Crippen LogP contribution in [0.2, 0.25) is 5.02 Å². The fraction of sp³-hybridized carbons (Fsp3) is 0. The maximum atomic E-state index is 12.0. The summed E-state index contributed by atoms with van der Waals surface area (Å²) in [4.78, 5) is -0.105. The summed E-state index contributed by atoms with van der Waals surface area (Å²) in [6.45, 7) is 0. The molecule has 6 nitrogen and oxygen atoms in total. The number of nitrogens with two attached hydrogens (primary N) is 1. The summed E-state index contributed by atoms with van der Waals surface area (Å²) in [7, 11) is -7.59. The van der Waals surface area contributed by atoms with Crippen molar-refractivity contribution >= 4 is 43.4 Å². The van der Waals surface area contributed by atoms with Crippen molar-refractivity contribution in [2.24, 2.45) is 5.14 Å². The summed E-state index contributed by atoms with van der Waals surface area (Å²) in [6.07, 6.45) is 1.36. The van der Waals surface area contributed by atoms with Crippen molar-refractivity contribution in [3.8, 4) is 0 Å². The number of halogens is 1. The Hall–Kier alpha value is -1.87. The zero-order chi connectivity index (χ0) is 17.1. The monoisotopic (exact) mass is 372 g/mol. The van der Waals surface area contributed by atoms with E-state index in [1.54, 1.807) is 24.3 Å². The van der Waals surface area contributed by atoms with E-state index in [0.717, 1.165) is 5.41 Å². The molecule has 0 fully saturated rings. The van der Waals surface area contributed by atoms with Crippen LogP contribution in [0.5, 0.6) is 0 Å². The molecule has 0 amide bonds. The Bertz CT molecular complexity index is 937. The number of sulfonamides is 2. The molecule has 9 heteroatoms. The number of hydrogen-bond donors (Lipinski definition) is 2. The van der Waals surface area contributed by atoms with E-state index in [0.29, 0.717) is 10.6 Å². The van der Waals surface area contributed by atoms with Crippen LogP contribution in [0, 0.1) is 0 Å². The lowest BCUT2D eigenvalue weighted by molar-refractivity contribution is 0.597. The second kappa shape index (κ2) is 6.71. The first-order valence-corrected chi connectivity index (χ1v) is 9.73. The Kier molecular flexibility index (Phi) is 5.10. The first-order valence-electron chi connectivity index (χ1n) is 6.26. The molecule has 2 rings (SSSR count). The number of primary sulfonamides is 1. The van der Waals surface area contributed by atoms with Gasteiger partial charge in [0.1, 0.15) is 0 Å². The summed E-state index contributed by atoms with van der Waals surface area (Å²) in [5.41, 5.74) is 0.769. The molecule has 0 aliphatic rings. The molecule has 2 aromatic rings. The van der Waals surface area contributed by atoms with Crippen molar-refractivity contribution in [1.29, 1.82) is 0 Å². The van der Waals surface area contributed by atoms with Gasteiger partial charge in [0.25, 0.3) is 10.0 Å². The van der Waals surface area contributed by atoms with Gasteiger partial charge < -0.3 is 0 Å². The smallest absolute Gasteiger partial charge is 0.255 e. The van der Waals surface area contributed by atoms with E-state index in [2.05, 4.69) is 4.72 Å². The van der Waals surface area contributed by atoms with Crippen LogP contribution in [0.15, 0.2) is 58.8 Å². The van der Waals surface area contributed by atoms with Gasteiger partial charge in [0.15, 0.2) is 0 Å². The lowest BCUT2D eigenvalue weighted by Crippen LogP contribution is -2.12. The van der Waals surface area contributed by atoms with Gasteiger partial charge in [0.05, 0.1) is 10.3 Å². The molecule has 0 saturated carbocycles. The number of hydrogen-bond acceptors (Lipinski definition) is 4. The van der Waals surface area contributed by atoms with E-state index in [1.807, 2.05) is 0 Å². The minimum absolute atomic E-state index is 0.105. The predicted molar refractivity (Wildman–Crippen MR) is 90.8 cm³/mol. The van der Waals surface area contributed by atoms with Crippen molar-refractivity contribution in [2.75, 3.05) is 4.72 Å². The molecule has 0 heterocycles. The number of rotatable bonds is 5. The van der Waals surface area contributed by atoms with Crippen LogP contribution in [0.25, 0.3) is 6.08 Å². The minimum atomic E-state index is -3.82. The molecule has 0 spiro atoms. The van der Waals surface area contributed by atoms with Crippen LogP contribution in [0.4, 0.5) is 5.69 Å². The molecule has 0 aliphatic carbocycles. The van der Waals surface area contributed by atoms with Gasteiger partial charge in [0.2, 0.25) is 10.0 Å². The maximum absolute atomic E-state index is 12.0. The number of anilines is 1. The fourth-order valence-electron chi connectivity index (χ4n) is 1.68. The molecule has 2 aromatic carbocycles. The third-order valence-corrected chi connectivity index (χ3v) is 5.06. The van der Waals surface area contributed by atoms with Crippen LogP contribution in [-0.4, -0.2) is 16.8 Å². The Morgan fingerprint density at radius 2 is 1.57 bits per heavy atom. The zero-order valence-corrected chi connectivity index (χ0v) is 14.1. The zero-order valence-electron chi connectivity index (χ0n) is 11.7. The molecular formula is C14H13ClN2O4S2. The Labute approximate surface area is 139 Å². The maximum Gasteiger partial charge on any atom is 0.255 e. The van der Waals surface area contributed by atoms with Crippen LogP contribution in [0.1, 0.15) is 5.56 Å². The average Bonchev–Trinajstić information content (AvgIpc) is 2.46. The number of benzene rings is 2. The highest BCUT2D eigenvalue weighted by Gasteiger charge is 2.09. The highest BCUT2D eigenvalue weighted by molar-refractivity contribution is 7.95. The summed E-state index contributed by atoms with van der Waals surface area (Å²) >= 11 is 5.94. The highest BCUT2D eigenvalue weighted by atomic mass is 35.5. The summed E-state index contributed by atoms with van der Waals surface area (Å²) < 4.78 is 48.5. The molecule has 0 atom stereocenters. The Morgan fingerprint density at radius 1 is 0.957 bits per heavy atom. The molecule has 0 bridgehead atoms. The largest absolute Gasteiger partial charge is 0.280 e. The number of nitrogens with one attached hydrogen (secondary N) is 1. The molecule has 23 heavy (non-hydrogen) atoms. The molecule has 0 aromatic heterocycles. The summed E-state index contributed by atoms with van der Waals surface area (Å²) in [6, 6.07) is 11.8. The molecule has 3 N–H and O–H groups in total. The molecule has 0 unspecified atom stereocenters. The fourth-order valence-corrected chi connectivity index (χ4v) is 3.26. The van der Waals surface area contributed by atoms with Gasteiger partial charge in [0, 0.05) is 10.7 Å². The van der Waals surface area contributed by atoms with E-state index >= 15 is 0 Å². The quantitative estimate of drug-likeness (QED) is 0.840. The summed E-state index contributed by atoms with van der Waals surface area (Å²) in [5, 5.41) is 6.37. The second-order valence-corrected chi connectivity index (χ2v) is 8.08. The van der Waals surface area contributed by atoms with E-state index < -0.39 is 20.0 Å². The molecule has 0 aliphatic heterocycles. The highest BCUT2D eigenvalue weighted by Crippen LogP contribution is 2.18. The first-order chi connectivity index (χ1) is 10.7. The molecule has 0 saturated heterocycles. The van der Waals surface area contributed by atoms with Crippen molar-refractivity contribution in [1.82, 2.24) is 0 Å². The topological polar surface area (TPSA) is 106 Å². The SMILES string of the molecule is NS(=O)(=O)c1ccc(NS(=O)(=O)C=Cc2ccccc2Cl)cc1. The Morgan fingerprint density at radius 3 is 2.13 bits per heavy atom. The normalized spacial score (nSPS) is 12.4. The average molecular weight is 373 g/mol. The van der Waals surface area contributed by atoms with Crippen molar-refractivity contribution in [2.45, 2.75) is 4.90 Å². The van der Waals surface area contributed by atoms with E-state index in [-0.39, 0.29) is 10.6 Å². The molecular weight excluding hydrogens is 360 g/mol. The Balaban J connectivity index is 2.17. The van der Waals surface area contributed by atoms with Gasteiger partial charge in [-0.1, -0.05) is 29.8 Å². The standard InChI is InChI=1S/C14H13ClN2O4S2/c15-14-4-2-1-3-11(14)9-10-22(18,19)17-12-5-7-13(8-6-12)23(16,20)21/h1-10,17H,(H2,16,20,21). The van der Waals surface area contributed by atoms with Crippen molar-refractivity contribution < 1.29 is 16.8 Å². The van der Waals surface area contributed by atoms with Crippen LogP contribution < -0.4 is 9.86 Å². The van der Waals surface area contributed by atoms with Gasteiger partial charge >= 0.3 is 0 Å². The lowest BCUT2D eigenvalue weighted by Gasteiger charge is -2.05. The van der Waals surface area contributed by atoms with Crippen LogP contribution in [0.3, 0.4) is 0 Å². The predicted octanol–water partition coefficient (Wildman–Crippen LogP) is 2.40. The minimum Gasteiger partial charge on any atom is -0.280 e. The summed E-state index contributed by atoms with van der Waals surface area (Å²) in [5.74, 6) is 0. The third-order valence-electron chi connectivity index (χ3n) is 2.77. The van der Waals surface area contributed by atoms with Gasteiger partial charge in [-0.2, -0.15) is 0 Å². The third kappa shape index (κ3) is 5.07.